The predicted molar refractivity (Wildman–Crippen MR) is 73.6 cm³/mol. The van der Waals surface area contributed by atoms with Crippen LogP contribution in [0, 0.1) is 0 Å². The maximum atomic E-state index is 12.1. The summed E-state index contributed by atoms with van der Waals surface area (Å²) in [5, 5.41) is 1.72. The zero-order valence-corrected chi connectivity index (χ0v) is 11.4. The minimum atomic E-state index is -3.40. The minimum absolute atomic E-state index is 0.175. The number of aromatic nitrogens is 1. The smallest absolute Gasteiger partial charge is 0.211 e. The number of fused-ring (bicyclic) bond motifs is 1. The zero-order valence-electron chi connectivity index (χ0n) is 9.74. The minimum Gasteiger partial charge on any atom is -0.440 e. The lowest BCUT2D eigenvalue weighted by Crippen LogP contribution is -2.02. The van der Waals surface area contributed by atoms with Crippen LogP contribution in [0.4, 0.5) is 5.69 Å². The van der Waals surface area contributed by atoms with Gasteiger partial charge in [0.2, 0.25) is 5.89 Å². The Morgan fingerprint density at radius 1 is 1.32 bits per heavy atom. The van der Waals surface area contributed by atoms with Crippen molar-refractivity contribution in [1.82, 2.24) is 4.98 Å². The normalized spacial score (nSPS) is 12.0. The van der Waals surface area contributed by atoms with Gasteiger partial charge in [0.15, 0.2) is 15.4 Å². The topological polar surface area (TPSA) is 86.2 Å². The van der Waals surface area contributed by atoms with Crippen molar-refractivity contribution in [1.29, 1.82) is 0 Å². The van der Waals surface area contributed by atoms with Gasteiger partial charge >= 0.3 is 0 Å². The molecule has 2 heterocycles. The lowest BCUT2D eigenvalue weighted by atomic mass is 10.3. The summed E-state index contributed by atoms with van der Waals surface area (Å²) in [5.74, 6) is -0.0729. The van der Waals surface area contributed by atoms with Gasteiger partial charge in [0.05, 0.1) is 0 Å². The van der Waals surface area contributed by atoms with Gasteiger partial charge in [-0.25, -0.2) is 13.4 Å². The fourth-order valence-corrected chi connectivity index (χ4v) is 3.98. The lowest BCUT2D eigenvalue weighted by molar-refractivity contribution is 0.540. The number of nitrogens with zero attached hydrogens (tertiary/aromatic N) is 1. The van der Waals surface area contributed by atoms with E-state index in [-0.39, 0.29) is 11.6 Å². The summed E-state index contributed by atoms with van der Waals surface area (Å²) in [4.78, 5) is 4.15. The van der Waals surface area contributed by atoms with Crippen LogP contribution in [0.5, 0.6) is 0 Å². The monoisotopic (exact) mass is 294 g/mol. The molecule has 5 nitrogen and oxygen atoms in total. The van der Waals surface area contributed by atoms with Gasteiger partial charge in [-0.2, -0.15) is 0 Å². The van der Waals surface area contributed by atoms with Crippen molar-refractivity contribution in [3.63, 3.8) is 0 Å². The van der Waals surface area contributed by atoms with E-state index in [1.165, 1.54) is 11.3 Å². The summed E-state index contributed by atoms with van der Waals surface area (Å²) in [6.45, 7) is 0. The summed E-state index contributed by atoms with van der Waals surface area (Å²) < 4.78 is 29.9. The first-order chi connectivity index (χ1) is 9.04. The second-order valence-corrected chi connectivity index (χ2v) is 7.19. The Balaban J connectivity index is 1.98. The Morgan fingerprint density at radius 2 is 2.16 bits per heavy atom. The highest BCUT2D eigenvalue weighted by Gasteiger charge is 2.20. The van der Waals surface area contributed by atoms with Crippen LogP contribution in [0.1, 0.15) is 5.89 Å². The first kappa shape index (κ1) is 12.2. The Bertz CT molecular complexity index is 820. The number of sulfone groups is 1. The average Bonchev–Trinajstić information content (AvgIpc) is 2.95. The van der Waals surface area contributed by atoms with Crippen molar-refractivity contribution in [2.75, 3.05) is 5.73 Å². The highest BCUT2D eigenvalue weighted by atomic mass is 32.2. The molecule has 3 aromatic rings. The summed E-state index contributed by atoms with van der Waals surface area (Å²) in [5.41, 5.74) is 7.30. The van der Waals surface area contributed by atoms with E-state index in [9.17, 15) is 8.42 Å². The van der Waals surface area contributed by atoms with Gasteiger partial charge < -0.3 is 10.2 Å². The molecule has 0 saturated carbocycles. The van der Waals surface area contributed by atoms with E-state index in [4.69, 9.17) is 10.2 Å². The molecule has 7 heteroatoms. The molecule has 0 radical (unpaired) electrons. The second kappa shape index (κ2) is 4.36. The third-order valence-corrected chi connectivity index (χ3v) is 5.66. The molecule has 0 bridgehead atoms. The highest BCUT2D eigenvalue weighted by Crippen LogP contribution is 2.24. The van der Waals surface area contributed by atoms with Gasteiger partial charge in [-0.15, -0.1) is 11.3 Å². The number of oxazole rings is 1. The number of benzene rings is 1. The maximum absolute atomic E-state index is 12.1. The number of nitrogen functional groups attached to an aromatic ring is 1. The molecule has 0 atom stereocenters. The standard InChI is InChI=1S/C12H10N2O3S2/c13-8-3-4-10-9(6-8)14-11(17-10)7-19(15,16)12-2-1-5-18-12/h1-6H,7,13H2. The van der Waals surface area contributed by atoms with E-state index in [2.05, 4.69) is 4.98 Å². The number of rotatable bonds is 3. The average molecular weight is 294 g/mol. The molecule has 0 saturated heterocycles. The van der Waals surface area contributed by atoms with Gasteiger partial charge in [0.25, 0.3) is 0 Å². The van der Waals surface area contributed by atoms with Crippen molar-refractivity contribution in [3.8, 4) is 0 Å². The Labute approximate surface area is 113 Å². The van der Waals surface area contributed by atoms with Gasteiger partial charge in [-0.05, 0) is 29.6 Å². The molecular formula is C12H10N2O3S2. The van der Waals surface area contributed by atoms with Gasteiger partial charge in [-0.1, -0.05) is 6.07 Å². The Morgan fingerprint density at radius 3 is 2.89 bits per heavy atom. The van der Waals surface area contributed by atoms with E-state index in [1.807, 2.05) is 0 Å². The van der Waals surface area contributed by atoms with Gasteiger partial charge in [-0.3, -0.25) is 0 Å². The Hall–Kier alpha value is -1.86. The van der Waals surface area contributed by atoms with E-state index < -0.39 is 9.84 Å². The Kier molecular flexibility index (Phi) is 2.79. The van der Waals surface area contributed by atoms with Crippen LogP contribution in [0.25, 0.3) is 11.1 Å². The van der Waals surface area contributed by atoms with Crippen LogP contribution < -0.4 is 5.73 Å². The molecule has 3 rings (SSSR count). The number of thiophene rings is 1. The summed E-state index contributed by atoms with van der Waals surface area (Å²) in [6.07, 6.45) is 0. The van der Waals surface area contributed by atoms with Crippen molar-refractivity contribution in [2.45, 2.75) is 9.96 Å². The first-order valence-electron chi connectivity index (χ1n) is 5.46. The van der Waals surface area contributed by atoms with Crippen LogP contribution >= 0.6 is 11.3 Å². The third kappa shape index (κ3) is 2.34. The predicted octanol–water partition coefficient (Wildman–Crippen LogP) is 2.45. The van der Waals surface area contributed by atoms with E-state index >= 15 is 0 Å². The second-order valence-electron chi connectivity index (χ2n) is 4.03. The van der Waals surface area contributed by atoms with Gasteiger partial charge in [0.1, 0.15) is 15.5 Å². The van der Waals surface area contributed by atoms with Crippen molar-refractivity contribution in [2.24, 2.45) is 0 Å². The number of hydrogen-bond donors (Lipinski definition) is 1. The lowest BCUT2D eigenvalue weighted by Gasteiger charge is -1.96. The molecular weight excluding hydrogens is 284 g/mol. The fraction of sp³-hybridized carbons (Fsp3) is 0.0833. The van der Waals surface area contributed by atoms with Crippen LogP contribution in [-0.2, 0) is 15.6 Å². The molecule has 0 fully saturated rings. The maximum Gasteiger partial charge on any atom is 0.211 e. The summed E-state index contributed by atoms with van der Waals surface area (Å²) in [6, 6.07) is 8.29. The molecule has 0 spiro atoms. The molecule has 1 aromatic carbocycles. The van der Waals surface area contributed by atoms with Gasteiger partial charge in [0, 0.05) is 5.69 Å². The molecule has 0 aliphatic carbocycles. The molecule has 0 amide bonds. The SMILES string of the molecule is Nc1ccc2oc(CS(=O)(=O)c3cccs3)nc2c1. The molecule has 19 heavy (non-hydrogen) atoms. The van der Waals surface area contributed by atoms with E-state index in [0.29, 0.717) is 21.0 Å². The quantitative estimate of drug-likeness (QED) is 0.750. The number of anilines is 1. The summed E-state index contributed by atoms with van der Waals surface area (Å²) >= 11 is 1.18. The van der Waals surface area contributed by atoms with Crippen LogP contribution in [-0.4, -0.2) is 13.4 Å². The van der Waals surface area contributed by atoms with E-state index in [0.717, 1.165) is 0 Å². The number of hydrogen-bond acceptors (Lipinski definition) is 6. The largest absolute Gasteiger partial charge is 0.440 e. The zero-order chi connectivity index (χ0) is 13.5. The molecule has 2 N–H and O–H groups in total. The van der Waals surface area contributed by atoms with Crippen molar-refractivity contribution in [3.05, 3.63) is 41.6 Å². The molecule has 98 valence electrons. The van der Waals surface area contributed by atoms with Crippen LogP contribution in [0.3, 0.4) is 0 Å². The molecule has 0 unspecified atom stereocenters. The van der Waals surface area contributed by atoms with E-state index in [1.54, 1.807) is 35.7 Å². The molecule has 0 aliphatic heterocycles. The van der Waals surface area contributed by atoms with Crippen LogP contribution in [0.2, 0.25) is 0 Å². The van der Waals surface area contributed by atoms with Crippen LogP contribution in [0.15, 0.2) is 44.3 Å². The number of nitrogens with two attached hydrogens (primary N) is 1. The molecule has 2 aromatic heterocycles. The van der Waals surface area contributed by atoms with Crippen molar-refractivity contribution >= 4 is 38.0 Å². The first-order valence-corrected chi connectivity index (χ1v) is 7.99. The fourth-order valence-electron chi connectivity index (χ4n) is 1.73. The third-order valence-electron chi connectivity index (χ3n) is 2.57. The highest BCUT2D eigenvalue weighted by molar-refractivity contribution is 7.92. The molecule has 0 aliphatic rings. The summed E-state index contributed by atoms with van der Waals surface area (Å²) in [7, 11) is -3.40. The van der Waals surface area contributed by atoms with Crippen molar-refractivity contribution < 1.29 is 12.8 Å².